The molecule has 1 rings (SSSR count). The Hall–Kier alpha value is -0.820. The molecular weight excluding hydrogens is 399 g/mol. The van der Waals surface area contributed by atoms with Crippen LogP contribution in [-0.4, -0.2) is 36.0 Å². The van der Waals surface area contributed by atoms with E-state index < -0.39 is 0 Å². The number of nitrogens with zero attached hydrogens (tertiary/aromatic N) is 2. The van der Waals surface area contributed by atoms with Gasteiger partial charge in [-0.15, -0.1) is 24.0 Å². The fourth-order valence-electron chi connectivity index (χ4n) is 2.56. The van der Waals surface area contributed by atoms with Gasteiger partial charge in [0.2, 0.25) is 0 Å². The smallest absolute Gasteiger partial charge is 0.193 e. The summed E-state index contributed by atoms with van der Waals surface area (Å²) in [7, 11) is 0. The number of hydrogen-bond donors (Lipinski definition) is 2. The second-order valence-corrected chi connectivity index (χ2v) is 6.60. The van der Waals surface area contributed by atoms with Gasteiger partial charge in [-0.1, -0.05) is 26.0 Å². The van der Waals surface area contributed by atoms with Crippen molar-refractivity contribution in [1.82, 2.24) is 4.90 Å². The molecule has 1 aromatic rings. The normalized spacial score (nSPS) is 12.2. The van der Waals surface area contributed by atoms with E-state index in [-0.39, 0.29) is 24.0 Å². The molecular formula is C18H33IN4. The topological polar surface area (TPSA) is 53.6 Å². The van der Waals surface area contributed by atoms with Crippen molar-refractivity contribution in [1.29, 1.82) is 0 Å². The van der Waals surface area contributed by atoms with Gasteiger partial charge in [0.1, 0.15) is 0 Å². The summed E-state index contributed by atoms with van der Waals surface area (Å²) in [6.07, 6.45) is 0. The molecule has 0 fully saturated rings. The molecule has 0 spiro atoms. The number of halogens is 1. The van der Waals surface area contributed by atoms with E-state index in [9.17, 15) is 0 Å². The summed E-state index contributed by atoms with van der Waals surface area (Å²) >= 11 is 0. The van der Waals surface area contributed by atoms with Crippen LogP contribution < -0.4 is 11.1 Å². The van der Waals surface area contributed by atoms with E-state index in [0.717, 1.165) is 12.2 Å². The molecule has 0 amide bonds. The van der Waals surface area contributed by atoms with Gasteiger partial charge in [0.05, 0.1) is 6.54 Å². The molecule has 0 aromatic heterocycles. The lowest BCUT2D eigenvalue weighted by Gasteiger charge is -2.29. The Bertz CT molecular complexity index is 476. The minimum absolute atomic E-state index is 0. The Kier molecular flexibility index (Phi) is 10.5. The lowest BCUT2D eigenvalue weighted by atomic mass is 10.0. The molecule has 0 heterocycles. The van der Waals surface area contributed by atoms with Gasteiger partial charge in [-0.3, -0.25) is 9.89 Å². The number of benzene rings is 1. The fourth-order valence-corrected chi connectivity index (χ4v) is 2.56. The van der Waals surface area contributed by atoms with E-state index in [1.54, 1.807) is 0 Å². The van der Waals surface area contributed by atoms with E-state index in [4.69, 9.17) is 5.73 Å². The highest BCUT2D eigenvalue weighted by molar-refractivity contribution is 14.0. The maximum Gasteiger partial charge on any atom is 0.193 e. The summed E-state index contributed by atoms with van der Waals surface area (Å²) < 4.78 is 0. The average Bonchev–Trinajstić information content (AvgIpc) is 2.42. The lowest BCUT2D eigenvalue weighted by molar-refractivity contribution is 0.181. The van der Waals surface area contributed by atoms with Crippen molar-refractivity contribution in [3.8, 4) is 0 Å². The largest absolute Gasteiger partial charge is 0.370 e. The summed E-state index contributed by atoms with van der Waals surface area (Å²) in [6.45, 7) is 14.8. The van der Waals surface area contributed by atoms with Crippen molar-refractivity contribution in [3.63, 3.8) is 0 Å². The zero-order chi connectivity index (χ0) is 16.7. The van der Waals surface area contributed by atoms with Gasteiger partial charge in [0.15, 0.2) is 5.96 Å². The summed E-state index contributed by atoms with van der Waals surface area (Å²) in [4.78, 5) is 6.85. The quantitative estimate of drug-likeness (QED) is 0.384. The Morgan fingerprint density at radius 2 is 1.74 bits per heavy atom. The van der Waals surface area contributed by atoms with Gasteiger partial charge in [-0.25, -0.2) is 0 Å². The Morgan fingerprint density at radius 1 is 1.13 bits per heavy atom. The molecule has 1 aromatic carbocycles. The first-order valence-electron chi connectivity index (χ1n) is 8.24. The first-order valence-corrected chi connectivity index (χ1v) is 8.24. The molecule has 0 saturated heterocycles. The number of anilines is 1. The third kappa shape index (κ3) is 8.01. The SMILES string of the molecule is CC(C)c1cccc(NC(N)=NCCN(C(C)C)C(C)C)c1.I. The van der Waals surface area contributed by atoms with Crippen molar-refractivity contribution in [2.45, 2.75) is 59.5 Å². The number of nitrogens with one attached hydrogen (secondary N) is 1. The van der Waals surface area contributed by atoms with E-state index in [2.05, 4.69) is 68.9 Å². The zero-order valence-electron chi connectivity index (χ0n) is 15.3. The second-order valence-electron chi connectivity index (χ2n) is 6.60. The average molecular weight is 432 g/mol. The molecule has 4 nitrogen and oxygen atoms in total. The van der Waals surface area contributed by atoms with Crippen LogP contribution in [0.25, 0.3) is 0 Å². The summed E-state index contributed by atoms with van der Waals surface area (Å²) in [5.41, 5.74) is 8.28. The number of aliphatic imine (C=N–C) groups is 1. The van der Waals surface area contributed by atoms with Crippen molar-refractivity contribution in [2.24, 2.45) is 10.7 Å². The van der Waals surface area contributed by atoms with Crippen LogP contribution in [0.15, 0.2) is 29.3 Å². The van der Waals surface area contributed by atoms with Crippen LogP contribution in [0, 0.1) is 0 Å². The van der Waals surface area contributed by atoms with E-state index >= 15 is 0 Å². The molecule has 0 atom stereocenters. The molecule has 23 heavy (non-hydrogen) atoms. The fraction of sp³-hybridized carbons (Fsp3) is 0.611. The third-order valence-corrected chi connectivity index (χ3v) is 3.79. The molecule has 132 valence electrons. The monoisotopic (exact) mass is 432 g/mol. The van der Waals surface area contributed by atoms with E-state index in [1.807, 2.05) is 12.1 Å². The number of hydrogen-bond acceptors (Lipinski definition) is 2. The minimum Gasteiger partial charge on any atom is -0.370 e. The Labute approximate surface area is 158 Å². The zero-order valence-corrected chi connectivity index (χ0v) is 17.7. The highest BCUT2D eigenvalue weighted by Crippen LogP contribution is 2.18. The maximum atomic E-state index is 5.99. The van der Waals surface area contributed by atoms with E-state index in [0.29, 0.717) is 30.5 Å². The van der Waals surface area contributed by atoms with Gasteiger partial charge >= 0.3 is 0 Å². The molecule has 0 aliphatic carbocycles. The van der Waals surface area contributed by atoms with Crippen LogP contribution in [0.4, 0.5) is 5.69 Å². The Morgan fingerprint density at radius 3 is 2.26 bits per heavy atom. The highest BCUT2D eigenvalue weighted by Gasteiger charge is 2.12. The standard InChI is InChI=1S/C18H32N4.HI/c1-13(2)16-8-7-9-17(12-16)21-18(19)20-10-11-22(14(3)4)15(5)6;/h7-9,12-15H,10-11H2,1-6H3,(H3,19,20,21);1H. The molecule has 0 aliphatic rings. The minimum atomic E-state index is 0. The van der Waals surface area contributed by atoms with Crippen LogP contribution >= 0.6 is 24.0 Å². The second kappa shape index (κ2) is 10.9. The van der Waals surface area contributed by atoms with Gasteiger partial charge in [0.25, 0.3) is 0 Å². The molecule has 0 radical (unpaired) electrons. The van der Waals surface area contributed by atoms with Crippen LogP contribution in [0.1, 0.15) is 53.0 Å². The van der Waals surface area contributed by atoms with Crippen LogP contribution in [0.3, 0.4) is 0 Å². The summed E-state index contributed by atoms with van der Waals surface area (Å²) in [6, 6.07) is 9.36. The van der Waals surface area contributed by atoms with Crippen LogP contribution in [-0.2, 0) is 0 Å². The predicted octanol–water partition coefficient (Wildman–Crippen LogP) is 4.27. The Balaban J connectivity index is 0.00000484. The molecule has 0 aliphatic heterocycles. The van der Waals surface area contributed by atoms with Crippen LogP contribution in [0.2, 0.25) is 0 Å². The maximum absolute atomic E-state index is 5.99. The number of nitrogens with two attached hydrogens (primary N) is 1. The van der Waals surface area contributed by atoms with Crippen molar-refractivity contribution >= 4 is 35.6 Å². The first-order chi connectivity index (χ1) is 10.3. The summed E-state index contributed by atoms with van der Waals surface area (Å²) in [5, 5.41) is 3.18. The van der Waals surface area contributed by atoms with Gasteiger partial charge in [-0.2, -0.15) is 0 Å². The highest BCUT2D eigenvalue weighted by atomic mass is 127. The summed E-state index contributed by atoms with van der Waals surface area (Å²) in [5.74, 6) is 0.985. The lowest BCUT2D eigenvalue weighted by Crippen LogP contribution is -2.39. The van der Waals surface area contributed by atoms with Crippen molar-refractivity contribution < 1.29 is 0 Å². The van der Waals surface area contributed by atoms with Crippen molar-refractivity contribution in [2.75, 3.05) is 18.4 Å². The van der Waals surface area contributed by atoms with Gasteiger partial charge in [-0.05, 0) is 51.3 Å². The number of rotatable bonds is 7. The van der Waals surface area contributed by atoms with Gasteiger partial charge in [0, 0.05) is 24.3 Å². The molecule has 5 heteroatoms. The predicted molar refractivity (Wildman–Crippen MR) is 113 cm³/mol. The molecule has 0 saturated carbocycles. The third-order valence-electron chi connectivity index (χ3n) is 3.79. The van der Waals surface area contributed by atoms with E-state index in [1.165, 1.54) is 5.56 Å². The molecule has 0 bridgehead atoms. The van der Waals surface area contributed by atoms with Crippen molar-refractivity contribution in [3.05, 3.63) is 29.8 Å². The first kappa shape index (κ1) is 22.2. The van der Waals surface area contributed by atoms with Crippen LogP contribution in [0.5, 0.6) is 0 Å². The molecule has 0 unspecified atom stereocenters. The molecule has 3 N–H and O–H groups in total. The van der Waals surface area contributed by atoms with Gasteiger partial charge < -0.3 is 11.1 Å². The number of guanidine groups is 1.